The van der Waals surface area contributed by atoms with Gasteiger partial charge in [0.25, 0.3) is 11.8 Å². The lowest BCUT2D eigenvalue weighted by Crippen LogP contribution is -2.17. The molecule has 2 heterocycles. The van der Waals surface area contributed by atoms with Crippen molar-refractivity contribution in [3.05, 3.63) is 132 Å². The summed E-state index contributed by atoms with van der Waals surface area (Å²) >= 11 is 0. The molecule has 0 aliphatic rings. The SMILES string of the molecule is O=C(N/N=C/c1cccc(/C=N/NC(=O)c2ccc(-n3ccnc3)cc2)c1)c1ccc(-n2ccnc2)cc1. The predicted octanol–water partition coefficient (Wildman–Crippen LogP) is 3.59. The third kappa shape index (κ3) is 5.94. The average Bonchev–Trinajstić information content (AvgIpc) is 3.69. The fourth-order valence-corrected chi connectivity index (χ4v) is 3.57. The van der Waals surface area contributed by atoms with E-state index in [9.17, 15) is 9.59 Å². The van der Waals surface area contributed by atoms with Gasteiger partial charge in [-0.05, 0) is 65.7 Å². The molecule has 38 heavy (non-hydrogen) atoms. The van der Waals surface area contributed by atoms with Crippen molar-refractivity contribution in [3.63, 3.8) is 0 Å². The monoisotopic (exact) mass is 502 g/mol. The molecule has 0 aliphatic heterocycles. The predicted molar refractivity (Wildman–Crippen MR) is 144 cm³/mol. The summed E-state index contributed by atoms with van der Waals surface area (Å²) in [5.41, 5.74) is 9.34. The van der Waals surface area contributed by atoms with Crippen LogP contribution in [0.5, 0.6) is 0 Å². The lowest BCUT2D eigenvalue weighted by atomic mass is 10.1. The molecule has 0 bridgehead atoms. The molecule has 0 saturated carbocycles. The molecule has 10 heteroatoms. The van der Waals surface area contributed by atoms with Crippen LogP contribution in [0.4, 0.5) is 0 Å². The van der Waals surface area contributed by atoms with Crippen LogP contribution >= 0.6 is 0 Å². The Morgan fingerprint density at radius 3 is 1.50 bits per heavy atom. The van der Waals surface area contributed by atoms with E-state index in [1.807, 2.05) is 70.1 Å². The van der Waals surface area contributed by atoms with Crippen molar-refractivity contribution in [2.45, 2.75) is 0 Å². The molecule has 0 aliphatic carbocycles. The van der Waals surface area contributed by atoms with Gasteiger partial charge in [0.15, 0.2) is 0 Å². The van der Waals surface area contributed by atoms with E-state index >= 15 is 0 Å². The standard InChI is InChI=1S/C28H22N8O2/c37-27(23-4-8-25(9-5-23)35-14-12-29-19-35)33-31-17-21-2-1-3-22(16-21)18-32-34-28(38)24-6-10-26(11-7-24)36-15-13-30-20-36/h1-20H,(H,33,37)(H,34,38)/b31-17+,32-18+. The van der Waals surface area contributed by atoms with Crippen LogP contribution < -0.4 is 10.9 Å². The highest BCUT2D eigenvalue weighted by Crippen LogP contribution is 2.10. The molecule has 2 amide bonds. The summed E-state index contributed by atoms with van der Waals surface area (Å²) in [7, 11) is 0. The molecule has 2 N–H and O–H groups in total. The van der Waals surface area contributed by atoms with Crippen LogP contribution in [0.1, 0.15) is 31.8 Å². The van der Waals surface area contributed by atoms with E-state index in [0.717, 1.165) is 22.5 Å². The van der Waals surface area contributed by atoms with Gasteiger partial charge in [0.2, 0.25) is 0 Å². The van der Waals surface area contributed by atoms with Gasteiger partial charge in [-0.15, -0.1) is 0 Å². The van der Waals surface area contributed by atoms with Crippen molar-refractivity contribution >= 4 is 24.2 Å². The summed E-state index contributed by atoms with van der Waals surface area (Å²) in [6.45, 7) is 0. The maximum atomic E-state index is 12.4. The number of hydrogen-bond acceptors (Lipinski definition) is 6. The van der Waals surface area contributed by atoms with Gasteiger partial charge in [-0.3, -0.25) is 9.59 Å². The number of nitrogens with one attached hydrogen (secondary N) is 2. The van der Waals surface area contributed by atoms with E-state index in [1.165, 1.54) is 12.4 Å². The zero-order valence-corrected chi connectivity index (χ0v) is 20.0. The van der Waals surface area contributed by atoms with Gasteiger partial charge in [0.1, 0.15) is 0 Å². The number of carbonyl (C=O) groups excluding carboxylic acids is 2. The molecule has 0 saturated heterocycles. The third-order valence-corrected chi connectivity index (χ3v) is 5.53. The Kier molecular flexibility index (Phi) is 7.22. The third-order valence-electron chi connectivity index (χ3n) is 5.53. The number of carbonyl (C=O) groups is 2. The topological polar surface area (TPSA) is 119 Å². The Labute approximate surface area is 218 Å². The molecule has 0 fully saturated rings. The largest absolute Gasteiger partial charge is 0.306 e. The van der Waals surface area contributed by atoms with Gasteiger partial charge in [-0.2, -0.15) is 10.2 Å². The van der Waals surface area contributed by atoms with Crippen LogP contribution in [0, 0.1) is 0 Å². The maximum absolute atomic E-state index is 12.4. The molecule has 0 radical (unpaired) electrons. The molecule has 3 aromatic carbocycles. The Bertz CT molecular complexity index is 1450. The summed E-state index contributed by atoms with van der Waals surface area (Å²) in [4.78, 5) is 32.8. The van der Waals surface area contributed by atoms with Crippen LogP contribution in [0.25, 0.3) is 11.4 Å². The number of imidazole rings is 2. The molecule has 186 valence electrons. The average molecular weight is 503 g/mol. The van der Waals surface area contributed by atoms with Crippen molar-refractivity contribution in [2.75, 3.05) is 0 Å². The van der Waals surface area contributed by atoms with E-state index in [4.69, 9.17) is 0 Å². The smallest absolute Gasteiger partial charge is 0.271 e. The van der Waals surface area contributed by atoms with Crippen LogP contribution in [-0.4, -0.2) is 43.3 Å². The Morgan fingerprint density at radius 1 is 0.658 bits per heavy atom. The number of amides is 2. The molecular formula is C28H22N8O2. The van der Waals surface area contributed by atoms with Crippen molar-refractivity contribution < 1.29 is 9.59 Å². The van der Waals surface area contributed by atoms with Crippen molar-refractivity contribution in [1.82, 2.24) is 30.0 Å². The number of nitrogens with zero attached hydrogens (tertiary/aromatic N) is 6. The summed E-state index contributed by atoms with van der Waals surface area (Å²) in [5, 5.41) is 8.09. The van der Waals surface area contributed by atoms with Crippen molar-refractivity contribution in [3.8, 4) is 11.4 Å². The van der Waals surface area contributed by atoms with Crippen molar-refractivity contribution in [1.29, 1.82) is 0 Å². The lowest BCUT2D eigenvalue weighted by molar-refractivity contribution is 0.0947. The normalized spacial score (nSPS) is 11.2. The Balaban J connectivity index is 1.13. The van der Waals surface area contributed by atoms with Gasteiger partial charge in [0.05, 0.1) is 25.1 Å². The molecule has 5 rings (SSSR count). The van der Waals surface area contributed by atoms with E-state index in [-0.39, 0.29) is 11.8 Å². The van der Waals surface area contributed by atoms with Crippen molar-refractivity contribution in [2.24, 2.45) is 10.2 Å². The van der Waals surface area contributed by atoms with Gasteiger partial charge < -0.3 is 9.13 Å². The minimum absolute atomic E-state index is 0.322. The van der Waals surface area contributed by atoms with E-state index < -0.39 is 0 Å². The highest BCUT2D eigenvalue weighted by molar-refractivity contribution is 5.96. The Hall–Kier alpha value is -5.64. The van der Waals surface area contributed by atoms with E-state index in [2.05, 4.69) is 31.0 Å². The number of hydrogen-bond donors (Lipinski definition) is 2. The molecule has 0 unspecified atom stereocenters. The second-order valence-electron chi connectivity index (χ2n) is 8.10. The molecule has 5 aromatic rings. The first-order chi connectivity index (χ1) is 18.7. The summed E-state index contributed by atoms with van der Waals surface area (Å²) in [6, 6.07) is 21.5. The van der Waals surface area contributed by atoms with Gasteiger partial charge in [-0.25, -0.2) is 20.8 Å². The summed E-state index contributed by atoms with van der Waals surface area (Å²) in [6.07, 6.45) is 13.5. The number of hydrazone groups is 2. The molecule has 0 atom stereocenters. The minimum Gasteiger partial charge on any atom is -0.306 e. The van der Waals surface area contributed by atoms with Crippen LogP contribution in [0.3, 0.4) is 0 Å². The molecular weight excluding hydrogens is 480 g/mol. The first-order valence-corrected chi connectivity index (χ1v) is 11.6. The second kappa shape index (κ2) is 11.4. The minimum atomic E-state index is -0.322. The van der Waals surface area contributed by atoms with Crippen LogP contribution in [-0.2, 0) is 0 Å². The first kappa shape index (κ1) is 24.1. The fraction of sp³-hybridized carbons (Fsp3) is 0. The Morgan fingerprint density at radius 2 is 1.11 bits per heavy atom. The maximum Gasteiger partial charge on any atom is 0.271 e. The van der Waals surface area contributed by atoms with Gasteiger partial charge >= 0.3 is 0 Å². The van der Waals surface area contributed by atoms with E-state index in [0.29, 0.717) is 11.1 Å². The molecule has 10 nitrogen and oxygen atoms in total. The number of rotatable bonds is 8. The van der Waals surface area contributed by atoms with Crippen LogP contribution in [0.2, 0.25) is 0 Å². The highest BCUT2D eigenvalue weighted by atomic mass is 16.2. The zero-order valence-electron chi connectivity index (χ0n) is 20.0. The zero-order chi connectivity index (χ0) is 26.2. The summed E-state index contributed by atoms with van der Waals surface area (Å²) in [5.74, 6) is -0.645. The molecule has 2 aromatic heterocycles. The number of aromatic nitrogens is 4. The lowest BCUT2D eigenvalue weighted by Gasteiger charge is -2.04. The first-order valence-electron chi connectivity index (χ1n) is 11.6. The van der Waals surface area contributed by atoms with Gasteiger partial charge in [0, 0.05) is 47.3 Å². The summed E-state index contributed by atoms with van der Waals surface area (Å²) < 4.78 is 3.70. The quantitative estimate of drug-likeness (QED) is 0.249. The number of benzene rings is 3. The molecule has 0 spiro atoms. The fourth-order valence-electron chi connectivity index (χ4n) is 3.57. The van der Waals surface area contributed by atoms with Gasteiger partial charge in [-0.1, -0.05) is 18.2 Å². The van der Waals surface area contributed by atoms with Crippen LogP contribution in [0.15, 0.2) is 120 Å². The highest BCUT2D eigenvalue weighted by Gasteiger charge is 2.06. The van der Waals surface area contributed by atoms with E-state index in [1.54, 1.807) is 49.3 Å². The second-order valence-corrected chi connectivity index (χ2v) is 8.10.